The third kappa shape index (κ3) is 4.06. The number of hydrogen-bond acceptors (Lipinski definition) is 3. The summed E-state index contributed by atoms with van der Waals surface area (Å²) >= 11 is 0. The predicted octanol–water partition coefficient (Wildman–Crippen LogP) is 2.75. The summed E-state index contributed by atoms with van der Waals surface area (Å²) in [6.07, 6.45) is 2.15. The number of anilines is 1. The van der Waals surface area contributed by atoms with Crippen molar-refractivity contribution < 1.29 is 9.18 Å². The van der Waals surface area contributed by atoms with E-state index in [1.54, 1.807) is 6.07 Å². The van der Waals surface area contributed by atoms with Crippen LogP contribution in [0.4, 0.5) is 10.1 Å². The first-order valence-electron chi connectivity index (χ1n) is 9.21. The fourth-order valence-electron chi connectivity index (χ4n) is 3.69. The predicted molar refractivity (Wildman–Crippen MR) is 101 cm³/mol. The molecule has 0 saturated carbocycles. The van der Waals surface area contributed by atoms with Crippen LogP contribution in [0.25, 0.3) is 0 Å². The van der Waals surface area contributed by atoms with Gasteiger partial charge in [-0.1, -0.05) is 12.1 Å². The number of aromatic nitrogens is 2. The Morgan fingerprint density at radius 3 is 2.81 bits per heavy atom. The minimum Gasteiger partial charge on any atom is -0.369 e. The lowest BCUT2D eigenvalue weighted by Crippen LogP contribution is -2.31. The number of benzene rings is 1. The van der Waals surface area contributed by atoms with E-state index in [2.05, 4.69) is 15.3 Å². The molecule has 2 heterocycles. The van der Waals surface area contributed by atoms with Crippen molar-refractivity contribution in [1.29, 1.82) is 0 Å². The highest BCUT2D eigenvalue weighted by Crippen LogP contribution is 2.25. The van der Waals surface area contributed by atoms with Crippen LogP contribution in [0, 0.1) is 25.6 Å². The first-order valence-corrected chi connectivity index (χ1v) is 9.21. The lowest BCUT2D eigenvalue weighted by atomic mass is 10.1. The molecular formula is C20H27FN4O. The molecular weight excluding hydrogens is 331 g/mol. The SMILES string of the molecule is Cc1nn(C)c(C)c1CCC(=O)NC[C@@H]1CCN(c2ccccc2F)C1. The molecule has 1 fully saturated rings. The van der Waals surface area contributed by atoms with Crippen LogP contribution >= 0.6 is 0 Å². The molecule has 1 aromatic carbocycles. The van der Waals surface area contributed by atoms with Gasteiger partial charge in [-0.25, -0.2) is 4.39 Å². The Balaban J connectivity index is 1.45. The van der Waals surface area contributed by atoms with E-state index in [1.165, 1.54) is 6.07 Å². The molecule has 6 heteroatoms. The molecule has 26 heavy (non-hydrogen) atoms. The highest BCUT2D eigenvalue weighted by atomic mass is 19.1. The molecule has 3 rings (SSSR count). The van der Waals surface area contributed by atoms with E-state index in [0.717, 1.165) is 36.5 Å². The quantitative estimate of drug-likeness (QED) is 0.864. The number of para-hydroxylation sites is 1. The fraction of sp³-hybridized carbons (Fsp3) is 0.500. The highest BCUT2D eigenvalue weighted by Gasteiger charge is 2.24. The Morgan fingerprint density at radius 1 is 1.35 bits per heavy atom. The molecule has 2 aromatic rings. The maximum Gasteiger partial charge on any atom is 0.220 e. The van der Waals surface area contributed by atoms with Crippen molar-refractivity contribution in [2.75, 3.05) is 24.5 Å². The van der Waals surface area contributed by atoms with Crippen molar-refractivity contribution >= 4 is 11.6 Å². The van der Waals surface area contributed by atoms with Gasteiger partial charge in [0.1, 0.15) is 5.82 Å². The Morgan fingerprint density at radius 2 is 2.12 bits per heavy atom. The molecule has 0 bridgehead atoms. The van der Waals surface area contributed by atoms with Gasteiger partial charge in [0.25, 0.3) is 0 Å². The number of amides is 1. The molecule has 1 atom stereocenters. The van der Waals surface area contributed by atoms with Gasteiger partial charge in [0.15, 0.2) is 0 Å². The number of carbonyl (C=O) groups excluding carboxylic acids is 1. The molecule has 1 saturated heterocycles. The molecule has 1 N–H and O–H groups in total. The smallest absolute Gasteiger partial charge is 0.220 e. The van der Waals surface area contributed by atoms with Crippen LogP contribution in [-0.2, 0) is 18.3 Å². The van der Waals surface area contributed by atoms with Gasteiger partial charge in [0.05, 0.1) is 11.4 Å². The normalized spacial score (nSPS) is 16.9. The fourth-order valence-corrected chi connectivity index (χ4v) is 3.69. The average Bonchev–Trinajstić information content (AvgIpc) is 3.17. The second-order valence-electron chi connectivity index (χ2n) is 7.13. The van der Waals surface area contributed by atoms with Crippen LogP contribution in [0.3, 0.4) is 0 Å². The third-order valence-electron chi connectivity index (χ3n) is 5.33. The monoisotopic (exact) mass is 358 g/mol. The third-order valence-corrected chi connectivity index (χ3v) is 5.33. The van der Waals surface area contributed by atoms with Gasteiger partial charge >= 0.3 is 0 Å². The number of carbonyl (C=O) groups is 1. The second-order valence-corrected chi connectivity index (χ2v) is 7.13. The molecule has 140 valence electrons. The van der Waals surface area contributed by atoms with E-state index in [0.29, 0.717) is 31.0 Å². The van der Waals surface area contributed by atoms with Crippen molar-refractivity contribution in [3.63, 3.8) is 0 Å². The van der Waals surface area contributed by atoms with E-state index in [4.69, 9.17) is 0 Å². The summed E-state index contributed by atoms with van der Waals surface area (Å²) in [5.41, 5.74) is 3.93. The van der Waals surface area contributed by atoms with Crippen molar-refractivity contribution in [1.82, 2.24) is 15.1 Å². The minimum atomic E-state index is -0.181. The van der Waals surface area contributed by atoms with Crippen LogP contribution in [0.15, 0.2) is 24.3 Å². The summed E-state index contributed by atoms with van der Waals surface area (Å²) in [5.74, 6) is 0.247. The van der Waals surface area contributed by atoms with Gasteiger partial charge in [0.2, 0.25) is 5.91 Å². The van der Waals surface area contributed by atoms with Gasteiger partial charge < -0.3 is 10.2 Å². The highest BCUT2D eigenvalue weighted by molar-refractivity contribution is 5.76. The van der Waals surface area contributed by atoms with E-state index in [-0.39, 0.29) is 11.7 Å². The molecule has 1 aliphatic rings. The van der Waals surface area contributed by atoms with E-state index in [9.17, 15) is 9.18 Å². The van der Waals surface area contributed by atoms with Gasteiger partial charge in [-0.2, -0.15) is 5.10 Å². The first kappa shape index (κ1) is 18.4. The molecule has 0 aliphatic carbocycles. The summed E-state index contributed by atoms with van der Waals surface area (Å²) in [7, 11) is 1.92. The Labute approximate surface area is 154 Å². The van der Waals surface area contributed by atoms with E-state index >= 15 is 0 Å². The Bertz CT molecular complexity index is 786. The Kier molecular flexibility index (Phi) is 5.59. The summed E-state index contributed by atoms with van der Waals surface area (Å²) in [4.78, 5) is 14.3. The van der Waals surface area contributed by atoms with Crippen molar-refractivity contribution in [2.45, 2.75) is 33.1 Å². The topological polar surface area (TPSA) is 50.2 Å². The zero-order valence-corrected chi connectivity index (χ0v) is 15.8. The van der Waals surface area contributed by atoms with Gasteiger partial charge in [-0.15, -0.1) is 0 Å². The van der Waals surface area contributed by atoms with Gasteiger partial charge in [-0.05, 0) is 50.3 Å². The number of rotatable bonds is 6. The minimum absolute atomic E-state index is 0.0667. The van der Waals surface area contributed by atoms with Crippen LogP contribution in [0.1, 0.15) is 29.8 Å². The molecule has 1 amide bonds. The summed E-state index contributed by atoms with van der Waals surface area (Å²) < 4.78 is 15.8. The first-order chi connectivity index (χ1) is 12.5. The Hall–Kier alpha value is -2.37. The number of nitrogens with zero attached hydrogens (tertiary/aromatic N) is 3. The largest absolute Gasteiger partial charge is 0.369 e. The van der Waals surface area contributed by atoms with Crippen LogP contribution in [0.2, 0.25) is 0 Å². The van der Waals surface area contributed by atoms with Crippen LogP contribution < -0.4 is 10.2 Å². The number of aryl methyl sites for hydroxylation is 2. The van der Waals surface area contributed by atoms with Crippen LogP contribution in [0.5, 0.6) is 0 Å². The molecule has 5 nitrogen and oxygen atoms in total. The molecule has 1 aliphatic heterocycles. The van der Waals surface area contributed by atoms with Gasteiger partial charge in [0, 0.05) is 38.8 Å². The number of halogens is 1. The second kappa shape index (κ2) is 7.89. The number of nitrogens with one attached hydrogen (secondary N) is 1. The molecule has 0 spiro atoms. The van der Waals surface area contributed by atoms with Crippen LogP contribution in [-0.4, -0.2) is 35.3 Å². The summed E-state index contributed by atoms with van der Waals surface area (Å²) in [6.45, 7) is 6.27. The van der Waals surface area contributed by atoms with E-state index < -0.39 is 0 Å². The number of hydrogen-bond donors (Lipinski definition) is 1. The lowest BCUT2D eigenvalue weighted by Gasteiger charge is -2.19. The summed E-state index contributed by atoms with van der Waals surface area (Å²) in [5, 5.41) is 7.43. The maximum absolute atomic E-state index is 13.9. The molecule has 0 radical (unpaired) electrons. The van der Waals surface area contributed by atoms with Crippen molar-refractivity contribution in [3.05, 3.63) is 47.0 Å². The van der Waals surface area contributed by atoms with Crippen molar-refractivity contribution in [2.24, 2.45) is 13.0 Å². The van der Waals surface area contributed by atoms with E-state index in [1.807, 2.05) is 37.7 Å². The summed E-state index contributed by atoms with van der Waals surface area (Å²) in [6, 6.07) is 6.87. The molecule has 1 aromatic heterocycles. The van der Waals surface area contributed by atoms with Crippen molar-refractivity contribution in [3.8, 4) is 0 Å². The average molecular weight is 358 g/mol. The maximum atomic E-state index is 13.9. The van der Waals surface area contributed by atoms with Gasteiger partial charge in [-0.3, -0.25) is 9.48 Å². The standard InChI is InChI=1S/C20H27FN4O/c1-14-17(15(2)24(3)23-14)8-9-20(26)22-12-16-10-11-25(13-16)19-7-5-4-6-18(19)21/h4-7,16H,8-13H2,1-3H3,(H,22,26)/t16-/m0/s1. The zero-order valence-electron chi connectivity index (χ0n) is 15.8. The lowest BCUT2D eigenvalue weighted by molar-refractivity contribution is -0.121. The molecule has 0 unspecified atom stereocenters. The zero-order chi connectivity index (χ0) is 18.7.